The molecule has 13 heavy (non-hydrogen) atoms. The molecule has 1 aromatic carbocycles. The van der Waals surface area contributed by atoms with Crippen molar-refractivity contribution in [3.05, 3.63) is 29.8 Å². The van der Waals surface area contributed by atoms with Gasteiger partial charge in [0.25, 0.3) is 0 Å². The molecule has 74 valence electrons. The molecule has 0 heterocycles. The van der Waals surface area contributed by atoms with Crippen molar-refractivity contribution in [2.45, 2.75) is 35.6 Å². The molecule has 0 aliphatic carbocycles. The van der Waals surface area contributed by atoms with Gasteiger partial charge in [0.05, 0.1) is 0 Å². The van der Waals surface area contributed by atoms with E-state index in [1.54, 1.807) is 3.58 Å². The van der Waals surface area contributed by atoms with E-state index in [0.29, 0.717) is 0 Å². The molecule has 0 atom stereocenters. The predicted octanol–water partition coefficient (Wildman–Crippen LogP) is 3.57. The number of aryl methyl sites for hydroxylation is 1. The molecule has 0 nitrogen and oxygen atoms in total. The molecular weight excluding hydrogens is 263 g/mol. The monoisotopic (exact) mass is 286 g/mol. The first-order valence-corrected chi connectivity index (χ1v) is 15.1. The second kappa shape index (κ2) is 5.69. The quantitative estimate of drug-likeness (QED) is 0.692. The van der Waals surface area contributed by atoms with Crippen molar-refractivity contribution in [2.75, 3.05) is 0 Å². The molecule has 0 unspecified atom stereocenters. The average molecular weight is 285 g/mol. The Hall–Kier alpha value is 0.0187. The van der Waals surface area contributed by atoms with Gasteiger partial charge >= 0.3 is 73.5 Å². The standard InChI is InChI=1S/C7H7.C2H6.3CH3.Sn/c1-7-5-3-2-4-6-7;1-2;;;;/h3-6H,1H3;1-2H3;3*1H3;. The molecule has 0 saturated carbocycles. The SMILES string of the molecule is CC.Cc1cc[c]([Sn]([CH3])([CH3])[CH3])cc1. The summed E-state index contributed by atoms with van der Waals surface area (Å²) in [7, 11) is 0. The van der Waals surface area contributed by atoms with Crippen molar-refractivity contribution in [2.24, 2.45) is 0 Å². The minimum absolute atomic E-state index is 1.37. The molecule has 0 aliphatic heterocycles. The predicted molar refractivity (Wildman–Crippen MR) is 65.5 cm³/mol. The Morgan fingerprint density at radius 2 is 1.23 bits per heavy atom. The zero-order valence-corrected chi connectivity index (χ0v) is 12.7. The van der Waals surface area contributed by atoms with Crippen LogP contribution in [0.2, 0.25) is 14.8 Å². The molecule has 0 N–H and O–H groups in total. The van der Waals surface area contributed by atoms with Gasteiger partial charge in [0, 0.05) is 0 Å². The summed E-state index contributed by atoms with van der Waals surface area (Å²) in [6.45, 7) is 6.14. The van der Waals surface area contributed by atoms with Crippen LogP contribution >= 0.6 is 0 Å². The van der Waals surface area contributed by atoms with E-state index in [9.17, 15) is 0 Å². The molecule has 0 aromatic heterocycles. The third-order valence-electron chi connectivity index (χ3n) is 1.92. The van der Waals surface area contributed by atoms with Gasteiger partial charge in [-0.15, -0.1) is 0 Å². The first kappa shape index (κ1) is 13.0. The second-order valence-electron chi connectivity index (χ2n) is 4.12. The van der Waals surface area contributed by atoms with E-state index in [2.05, 4.69) is 46.0 Å². The summed E-state index contributed by atoms with van der Waals surface area (Å²) in [5.74, 6) is 0. The van der Waals surface area contributed by atoms with Crippen LogP contribution in [-0.4, -0.2) is 18.4 Å². The molecule has 0 saturated heterocycles. The Morgan fingerprint density at radius 1 is 0.846 bits per heavy atom. The molecule has 1 aromatic rings. The van der Waals surface area contributed by atoms with E-state index in [1.165, 1.54) is 5.56 Å². The van der Waals surface area contributed by atoms with E-state index in [0.717, 1.165) is 0 Å². The molecule has 0 radical (unpaired) electrons. The molecular formula is C12H22Sn. The zero-order valence-electron chi connectivity index (χ0n) is 9.81. The number of benzene rings is 1. The van der Waals surface area contributed by atoms with Crippen molar-refractivity contribution >= 4 is 22.0 Å². The van der Waals surface area contributed by atoms with Crippen LogP contribution in [0.5, 0.6) is 0 Å². The van der Waals surface area contributed by atoms with E-state index in [1.807, 2.05) is 13.8 Å². The van der Waals surface area contributed by atoms with Gasteiger partial charge in [0.1, 0.15) is 0 Å². The third kappa shape index (κ3) is 4.70. The summed E-state index contributed by atoms with van der Waals surface area (Å²) in [5.41, 5.74) is 1.37. The molecule has 0 fully saturated rings. The van der Waals surface area contributed by atoms with Crippen LogP contribution in [0.15, 0.2) is 24.3 Å². The van der Waals surface area contributed by atoms with E-state index >= 15 is 0 Å². The number of hydrogen-bond donors (Lipinski definition) is 0. The summed E-state index contributed by atoms with van der Waals surface area (Å²) in [4.78, 5) is 7.33. The van der Waals surface area contributed by atoms with Gasteiger partial charge in [-0.25, -0.2) is 0 Å². The average Bonchev–Trinajstić information content (AvgIpc) is 2.07. The van der Waals surface area contributed by atoms with Crippen molar-refractivity contribution < 1.29 is 0 Å². The van der Waals surface area contributed by atoms with Gasteiger partial charge in [0.2, 0.25) is 0 Å². The van der Waals surface area contributed by atoms with E-state index < -0.39 is 18.4 Å². The van der Waals surface area contributed by atoms with Gasteiger partial charge in [-0.1, -0.05) is 13.8 Å². The first-order chi connectivity index (χ1) is 6.00. The van der Waals surface area contributed by atoms with Crippen LogP contribution in [-0.2, 0) is 0 Å². The Bertz CT molecular complexity index is 228. The van der Waals surface area contributed by atoms with E-state index in [4.69, 9.17) is 0 Å². The third-order valence-corrected chi connectivity index (χ3v) is 7.81. The maximum absolute atomic E-state index is 2.44. The van der Waals surface area contributed by atoms with Crippen molar-refractivity contribution in [1.82, 2.24) is 0 Å². The van der Waals surface area contributed by atoms with Crippen LogP contribution in [0.25, 0.3) is 0 Å². The zero-order chi connectivity index (χ0) is 10.5. The Kier molecular flexibility index (Phi) is 5.69. The minimum atomic E-state index is -1.74. The molecule has 1 rings (SSSR count). The summed E-state index contributed by atoms with van der Waals surface area (Å²) >= 11 is -1.74. The van der Waals surface area contributed by atoms with Crippen LogP contribution in [0.3, 0.4) is 0 Å². The van der Waals surface area contributed by atoms with Gasteiger partial charge < -0.3 is 0 Å². The van der Waals surface area contributed by atoms with Gasteiger partial charge in [-0.2, -0.15) is 0 Å². The molecule has 0 amide bonds. The fourth-order valence-corrected chi connectivity index (χ4v) is 4.38. The van der Waals surface area contributed by atoms with Crippen molar-refractivity contribution in [3.63, 3.8) is 0 Å². The van der Waals surface area contributed by atoms with E-state index in [-0.39, 0.29) is 0 Å². The topological polar surface area (TPSA) is 0 Å². The summed E-state index contributed by atoms with van der Waals surface area (Å²) in [6.07, 6.45) is 0. The first-order valence-electron chi connectivity index (χ1n) is 5.07. The summed E-state index contributed by atoms with van der Waals surface area (Å²) in [6, 6.07) is 9.03. The van der Waals surface area contributed by atoms with Crippen molar-refractivity contribution in [1.29, 1.82) is 0 Å². The fraction of sp³-hybridized carbons (Fsp3) is 0.500. The molecule has 0 bridgehead atoms. The van der Waals surface area contributed by atoms with Gasteiger partial charge in [-0.05, 0) is 0 Å². The van der Waals surface area contributed by atoms with Crippen molar-refractivity contribution in [3.8, 4) is 0 Å². The van der Waals surface area contributed by atoms with Gasteiger partial charge in [0.15, 0.2) is 0 Å². The van der Waals surface area contributed by atoms with Crippen LogP contribution in [0.4, 0.5) is 0 Å². The summed E-state index contributed by atoms with van der Waals surface area (Å²) < 4.78 is 1.62. The Balaban J connectivity index is 0.000000671. The second-order valence-corrected chi connectivity index (χ2v) is 18.6. The molecule has 0 aliphatic rings. The Morgan fingerprint density at radius 3 is 1.54 bits per heavy atom. The number of rotatable bonds is 1. The molecule has 1 heteroatoms. The summed E-state index contributed by atoms with van der Waals surface area (Å²) in [5, 5.41) is 0. The van der Waals surface area contributed by atoms with Crippen LogP contribution < -0.4 is 3.58 Å². The Labute approximate surface area is 87.2 Å². The molecule has 0 spiro atoms. The van der Waals surface area contributed by atoms with Gasteiger partial charge in [-0.3, -0.25) is 0 Å². The van der Waals surface area contributed by atoms with Crippen LogP contribution in [0, 0.1) is 6.92 Å². The maximum atomic E-state index is 2.44. The normalized spacial score (nSPS) is 10.3. The number of hydrogen-bond acceptors (Lipinski definition) is 0. The fourth-order valence-electron chi connectivity index (χ4n) is 1.05. The van der Waals surface area contributed by atoms with Crippen LogP contribution in [0.1, 0.15) is 19.4 Å².